The lowest BCUT2D eigenvalue weighted by molar-refractivity contribution is 0.304. The SMILES string of the molecule is C=CCN(CCC)CCC.O. The fraction of sp³-hybridized carbons (Fsp3) is 0.778. The van der Waals surface area contributed by atoms with Crippen LogP contribution >= 0.6 is 0 Å². The van der Waals surface area contributed by atoms with Gasteiger partial charge in [0.1, 0.15) is 0 Å². The van der Waals surface area contributed by atoms with Crippen LogP contribution in [0.5, 0.6) is 0 Å². The normalized spacial score (nSPS) is 9.36. The van der Waals surface area contributed by atoms with E-state index in [9.17, 15) is 0 Å². The van der Waals surface area contributed by atoms with Crippen LogP contribution in [-0.4, -0.2) is 30.0 Å². The van der Waals surface area contributed by atoms with E-state index in [1.807, 2.05) is 6.08 Å². The van der Waals surface area contributed by atoms with E-state index in [0.717, 1.165) is 6.54 Å². The molecule has 0 fully saturated rings. The van der Waals surface area contributed by atoms with Crippen molar-refractivity contribution in [2.75, 3.05) is 19.6 Å². The van der Waals surface area contributed by atoms with Gasteiger partial charge in [0.05, 0.1) is 0 Å². The molecule has 0 aliphatic carbocycles. The molecule has 0 rings (SSSR count). The molecule has 0 heterocycles. The van der Waals surface area contributed by atoms with Crippen molar-refractivity contribution >= 4 is 0 Å². The molecule has 0 aliphatic heterocycles. The molecule has 0 aliphatic rings. The molecule has 2 heteroatoms. The summed E-state index contributed by atoms with van der Waals surface area (Å²) in [5.41, 5.74) is 0. The number of hydrogen-bond donors (Lipinski definition) is 0. The predicted octanol–water partition coefficient (Wildman–Crippen LogP) is 1.47. The third-order valence-electron chi connectivity index (χ3n) is 1.47. The number of nitrogens with zero attached hydrogens (tertiary/aromatic N) is 1. The van der Waals surface area contributed by atoms with Crippen molar-refractivity contribution < 1.29 is 5.48 Å². The van der Waals surface area contributed by atoms with E-state index in [1.54, 1.807) is 0 Å². The maximum atomic E-state index is 3.72. The molecule has 0 bridgehead atoms. The van der Waals surface area contributed by atoms with Crippen LogP contribution in [0, 0.1) is 0 Å². The summed E-state index contributed by atoms with van der Waals surface area (Å²) in [6.45, 7) is 11.6. The second-order valence-corrected chi connectivity index (χ2v) is 2.59. The standard InChI is InChI=1S/C9H19N.H2O/c1-4-7-10(8-5-2)9-6-3;/h4H,1,5-9H2,2-3H3;1H2. The van der Waals surface area contributed by atoms with Crippen LogP contribution in [-0.2, 0) is 0 Å². The van der Waals surface area contributed by atoms with E-state index in [1.165, 1.54) is 25.9 Å². The highest BCUT2D eigenvalue weighted by molar-refractivity contribution is 4.72. The molecule has 0 unspecified atom stereocenters. The molecule has 0 aromatic heterocycles. The van der Waals surface area contributed by atoms with Gasteiger partial charge in [-0.3, -0.25) is 4.90 Å². The highest BCUT2D eigenvalue weighted by Gasteiger charge is 1.97. The Morgan fingerprint density at radius 1 is 1.18 bits per heavy atom. The summed E-state index contributed by atoms with van der Waals surface area (Å²) in [6.07, 6.45) is 4.47. The van der Waals surface area contributed by atoms with Crippen LogP contribution in [0.3, 0.4) is 0 Å². The molecule has 0 atom stereocenters. The quantitative estimate of drug-likeness (QED) is 0.540. The molecule has 68 valence electrons. The summed E-state index contributed by atoms with van der Waals surface area (Å²) in [5, 5.41) is 0. The summed E-state index contributed by atoms with van der Waals surface area (Å²) in [6, 6.07) is 0. The van der Waals surface area contributed by atoms with E-state index in [4.69, 9.17) is 0 Å². The Hall–Kier alpha value is -0.340. The number of rotatable bonds is 6. The van der Waals surface area contributed by atoms with Crippen LogP contribution in [0.15, 0.2) is 12.7 Å². The van der Waals surface area contributed by atoms with E-state index < -0.39 is 0 Å². The zero-order chi connectivity index (χ0) is 7.82. The van der Waals surface area contributed by atoms with E-state index >= 15 is 0 Å². The van der Waals surface area contributed by atoms with Gasteiger partial charge in [-0.05, 0) is 25.9 Å². The van der Waals surface area contributed by atoms with Crippen LogP contribution in [0.2, 0.25) is 0 Å². The summed E-state index contributed by atoms with van der Waals surface area (Å²) in [4.78, 5) is 2.42. The molecular weight excluding hydrogens is 138 g/mol. The topological polar surface area (TPSA) is 34.7 Å². The first-order valence-corrected chi connectivity index (χ1v) is 4.18. The minimum atomic E-state index is 0. The third kappa shape index (κ3) is 7.56. The van der Waals surface area contributed by atoms with E-state index in [-0.39, 0.29) is 5.48 Å². The maximum absolute atomic E-state index is 3.72. The van der Waals surface area contributed by atoms with Crippen molar-refractivity contribution in [2.24, 2.45) is 0 Å². The Labute approximate surface area is 70.2 Å². The Kier molecular flexibility index (Phi) is 11.6. The van der Waals surface area contributed by atoms with Gasteiger partial charge in [0.2, 0.25) is 0 Å². The largest absolute Gasteiger partial charge is 0.412 e. The lowest BCUT2D eigenvalue weighted by atomic mass is 10.3. The van der Waals surface area contributed by atoms with Gasteiger partial charge in [0.15, 0.2) is 0 Å². The first kappa shape index (κ1) is 13.3. The van der Waals surface area contributed by atoms with Gasteiger partial charge >= 0.3 is 0 Å². The molecule has 0 amide bonds. The summed E-state index contributed by atoms with van der Waals surface area (Å²) in [7, 11) is 0. The lowest BCUT2D eigenvalue weighted by Gasteiger charge is -2.18. The zero-order valence-corrected chi connectivity index (χ0v) is 7.77. The fourth-order valence-corrected chi connectivity index (χ4v) is 1.11. The van der Waals surface area contributed by atoms with Gasteiger partial charge in [0, 0.05) is 6.54 Å². The Balaban J connectivity index is 0. The summed E-state index contributed by atoms with van der Waals surface area (Å²) >= 11 is 0. The van der Waals surface area contributed by atoms with Crippen molar-refractivity contribution in [3.8, 4) is 0 Å². The second kappa shape index (κ2) is 9.66. The first-order chi connectivity index (χ1) is 4.85. The Bertz CT molecular complexity index is 77.6. The average Bonchev–Trinajstić information content (AvgIpc) is 1.90. The van der Waals surface area contributed by atoms with Crippen molar-refractivity contribution in [1.29, 1.82) is 0 Å². The monoisotopic (exact) mass is 159 g/mol. The molecule has 0 spiro atoms. The average molecular weight is 159 g/mol. The van der Waals surface area contributed by atoms with Gasteiger partial charge in [-0.1, -0.05) is 19.9 Å². The van der Waals surface area contributed by atoms with Crippen LogP contribution < -0.4 is 0 Å². The van der Waals surface area contributed by atoms with Gasteiger partial charge in [0.25, 0.3) is 0 Å². The van der Waals surface area contributed by atoms with Gasteiger partial charge in [-0.2, -0.15) is 0 Å². The Morgan fingerprint density at radius 3 is 1.91 bits per heavy atom. The van der Waals surface area contributed by atoms with Gasteiger partial charge in [-0.25, -0.2) is 0 Å². The highest BCUT2D eigenvalue weighted by atomic mass is 16.0. The molecule has 0 aromatic carbocycles. The van der Waals surface area contributed by atoms with Gasteiger partial charge < -0.3 is 5.48 Å². The van der Waals surface area contributed by atoms with Crippen molar-refractivity contribution in [3.05, 3.63) is 12.7 Å². The smallest absolute Gasteiger partial charge is 0.0160 e. The maximum Gasteiger partial charge on any atom is 0.0160 e. The molecular formula is C9H21NO. The Morgan fingerprint density at radius 2 is 1.64 bits per heavy atom. The number of hydrogen-bond acceptors (Lipinski definition) is 1. The molecule has 0 saturated carbocycles. The minimum absolute atomic E-state index is 0. The van der Waals surface area contributed by atoms with Gasteiger partial charge in [-0.15, -0.1) is 6.58 Å². The first-order valence-electron chi connectivity index (χ1n) is 4.18. The van der Waals surface area contributed by atoms with Crippen molar-refractivity contribution in [3.63, 3.8) is 0 Å². The lowest BCUT2D eigenvalue weighted by Crippen LogP contribution is -2.25. The third-order valence-corrected chi connectivity index (χ3v) is 1.47. The molecule has 0 radical (unpaired) electrons. The van der Waals surface area contributed by atoms with Crippen molar-refractivity contribution in [2.45, 2.75) is 26.7 Å². The zero-order valence-electron chi connectivity index (χ0n) is 7.77. The minimum Gasteiger partial charge on any atom is -0.412 e. The highest BCUT2D eigenvalue weighted by Crippen LogP contribution is 1.92. The molecule has 11 heavy (non-hydrogen) atoms. The second-order valence-electron chi connectivity index (χ2n) is 2.59. The summed E-state index contributed by atoms with van der Waals surface area (Å²) < 4.78 is 0. The molecule has 2 N–H and O–H groups in total. The van der Waals surface area contributed by atoms with Crippen molar-refractivity contribution in [1.82, 2.24) is 4.90 Å². The molecule has 0 saturated heterocycles. The summed E-state index contributed by atoms with van der Waals surface area (Å²) in [5.74, 6) is 0. The predicted molar refractivity (Wildman–Crippen MR) is 50.8 cm³/mol. The van der Waals surface area contributed by atoms with Crippen LogP contribution in [0.4, 0.5) is 0 Å². The van der Waals surface area contributed by atoms with Crippen LogP contribution in [0.1, 0.15) is 26.7 Å². The molecule has 2 nitrogen and oxygen atoms in total. The molecule has 0 aromatic rings. The van der Waals surface area contributed by atoms with E-state index in [0.29, 0.717) is 0 Å². The van der Waals surface area contributed by atoms with E-state index in [2.05, 4.69) is 25.3 Å². The van der Waals surface area contributed by atoms with Crippen LogP contribution in [0.25, 0.3) is 0 Å². The fourth-order valence-electron chi connectivity index (χ4n) is 1.11.